The van der Waals surface area contributed by atoms with Crippen LogP contribution in [0.5, 0.6) is 0 Å². The largest absolute Gasteiger partial charge is 0.673 e. The first-order valence-electron chi connectivity index (χ1n) is 7.71. The zero-order valence-electron chi connectivity index (χ0n) is 13.4. The summed E-state index contributed by atoms with van der Waals surface area (Å²) >= 11 is 0. The molecule has 0 atom stereocenters. The number of halogens is 4. The van der Waals surface area contributed by atoms with Crippen molar-refractivity contribution in [1.82, 2.24) is 4.57 Å². The van der Waals surface area contributed by atoms with Gasteiger partial charge in [0.25, 0.3) is 0 Å². The molecule has 1 rings (SSSR count). The van der Waals surface area contributed by atoms with Crippen LogP contribution in [-0.4, -0.2) is 11.8 Å². The van der Waals surface area contributed by atoms with Crippen molar-refractivity contribution in [2.45, 2.75) is 64.8 Å². The SMILES string of the molecule is CCCCCCCCCCn1cc[n+](C)c1.F[B-](F)(F)F.[Rh]. The number of hydrogen-bond acceptors (Lipinski definition) is 0. The van der Waals surface area contributed by atoms with E-state index in [9.17, 15) is 17.3 Å². The van der Waals surface area contributed by atoms with Gasteiger partial charge in [0.15, 0.2) is 0 Å². The van der Waals surface area contributed by atoms with Gasteiger partial charge in [-0.2, -0.15) is 0 Å². The molecule has 0 N–H and O–H groups in total. The van der Waals surface area contributed by atoms with Gasteiger partial charge in [-0.3, -0.25) is 0 Å². The summed E-state index contributed by atoms with van der Waals surface area (Å²) in [4.78, 5) is 0. The maximum atomic E-state index is 9.75. The zero-order chi connectivity index (χ0) is 16.1. The summed E-state index contributed by atoms with van der Waals surface area (Å²) in [6, 6.07) is 0. The molecular formula is C14H27BF4N2Rh. The second-order valence-corrected chi connectivity index (χ2v) is 5.29. The number of nitrogens with zero attached hydrogens (tertiary/aromatic N) is 2. The van der Waals surface area contributed by atoms with E-state index >= 15 is 0 Å². The average molecular weight is 413 g/mol. The van der Waals surface area contributed by atoms with Gasteiger partial charge in [0, 0.05) is 19.5 Å². The molecule has 2 nitrogen and oxygen atoms in total. The average Bonchev–Trinajstić information content (AvgIpc) is 2.76. The molecular weight excluding hydrogens is 386 g/mol. The molecule has 0 aliphatic rings. The Labute approximate surface area is 144 Å². The third-order valence-electron chi connectivity index (χ3n) is 3.09. The molecule has 1 aromatic heterocycles. The number of aromatic nitrogens is 2. The van der Waals surface area contributed by atoms with Crippen LogP contribution in [0, 0.1) is 0 Å². The maximum absolute atomic E-state index is 9.75. The minimum atomic E-state index is -6.00. The minimum absolute atomic E-state index is 0. The summed E-state index contributed by atoms with van der Waals surface area (Å²) in [5.41, 5.74) is 0. The predicted molar refractivity (Wildman–Crippen MR) is 78.4 cm³/mol. The zero-order valence-corrected chi connectivity index (χ0v) is 15.1. The van der Waals surface area contributed by atoms with Crippen LogP contribution in [0.4, 0.5) is 17.3 Å². The minimum Gasteiger partial charge on any atom is -0.418 e. The van der Waals surface area contributed by atoms with Crippen molar-refractivity contribution in [3.05, 3.63) is 18.7 Å². The fraction of sp³-hybridized carbons (Fsp3) is 0.786. The van der Waals surface area contributed by atoms with Gasteiger partial charge in [0.1, 0.15) is 12.4 Å². The first kappa shape index (κ1) is 23.9. The van der Waals surface area contributed by atoms with Crippen molar-refractivity contribution >= 4 is 7.25 Å². The van der Waals surface area contributed by atoms with Crippen LogP contribution in [0.3, 0.4) is 0 Å². The van der Waals surface area contributed by atoms with E-state index in [-0.39, 0.29) is 19.5 Å². The van der Waals surface area contributed by atoms with Crippen LogP contribution in [-0.2, 0) is 33.1 Å². The Morgan fingerprint density at radius 2 is 1.36 bits per heavy atom. The van der Waals surface area contributed by atoms with E-state index in [0.717, 1.165) is 0 Å². The Morgan fingerprint density at radius 3 is 1.77 bits per heavy atom. The normalized spacial score (nSPS) is 10.6. The Morgan fingerprint density at radius 1 is 0.909 bits per heavy atom. The monoisotopic (exact) mass is 413 g/mol. The van der Waals surface area contributed by atoms with Crippen LogP contribution < -0.4 is 4.57 Å². The number of aryl methyl sites for hydroxylation is 2. The standard InChI is InChI=1S/C14H27N2.BF4.Rh/c1-3-4-5-6-7-8-9-10-11-16-13-12-15(2)14-16;2-1(3,4)5;/h12-14H,3-11H2,1-2H3;;/q+1;-1;. The van der Waals surface area contributed by atoms with Crippen molar-refractivity contribution in [3.63, 3.8) is 0 Å². The van der Waals surface area contributed by atoms with E-state index in [0.29, 0.717) is 0 Å². The summed E-state index contributed by atoms with van der Waals surface area (Å²) < 4.78 is 43.4. The van der Waals surface area contributed by atoms with Gasteiger partial charge in [0.2, 0.25) is 6.33 Å². The molecule has 1 heterocycles. The molecule has 133 valence electrons. The molecule has 0 aliphatic carbocycles. The van der Waals surface area contributed by atoms with E-state index in [2.05, 4.69) is 41.8 Å². The Hall–Kier alpha value is -0.382. The predicted octanol–water partition coefficient (Wildman–Crippen LogP) is 4.75. The van der Waals surface area contributed by atoms with Gasteiger partial charge in [-0.25, -0.2) is 9.13 Å². The van der Waals surface area contributed by atoms with Gasteiger partial charge in [-0.15, -0.1) is 0 Å². The third-order valence-corrected chi connectivity index (χ3v) is 3.09. The first-order valence-corrected chi connectivity index (χ1v) is 7.71. The Balaban J connectivity index is 0. The molecule has 0 aliphatic heterocycles. The molecule has 0 amide bonds. The summed E-state index contributed by atoms with van der Waals surface area (Å²) in [5, 5.41) is 0. The quantitative estimate of drug-likeness (QED) is 0.239. The summed E-state index contributed by atoms with van der Waals surface area (Å²) in [6.45, 7) is 3.45. The molecule has 8 heteroatoms. The topological polar surface area (TPSA) is 8.81 Å². The number of hydrogen-bond donors (Lipinski definition) is 0. The second-order valence-electron chi connectivity index (χ2n) is 5.29. The Bertz CT molecular complexity index is 353. The Kier molecular flexibility index (Phi) is 15.4. The molecule has 0 spiro atoms. The van der Waals surface area contributed by atoms with Crippen molar-refractivity contribution in [2.24, 2.45) is 7.05 Å². The fourth-order valence-electron chi connectivity index (χ4n) is 2.06. The molecule has 0 bridgehead atoms. The summed E-state index contributed by atoms with van der Waals surface area (Å²) in [6.07, 6.45) is 17.6. The summed E-state index contributed by atoms with van der Waals surface area (Å²) in [5.74, 6) is 0. The van der Waals surface area contributed by atoms with E-state index < -0.39 is 7.25 Å². The molecule has 1 radical (unpaired) electrons. The van der Waals surface area contributed by atoms with Gasteiger partial charge in [-0.05, 0) is 12.8 Å². The van der Waals surface area contributed by atoms with E-state index in [1.54, 1.807) is 0 Å². The number of unbranched alkanes of at least 4 members (excludes halogenated alkanes) is 7. The third kappa shape index (κ3) is 19.6. The van der Waals surface area contributed by atoms with Crippen molar-refractivity contribution in [1.29, 1.82) is 0 Å². The van der Waals surface area contributed by atoms with E-state index in [1.807, 2.05) is 0 Å². The summed E-state index contributed by atoms with van der Waals surface area (Å²) in [7, 11) is -3.93. The van der Waals surface area contributed by atoms with Gasteiger partial charge >= 0.3 is 7.25 Å². The van der Waals surface area contributed by atoms with Gasteiger partial charge in [0.05, 0.1) is 13.6 Å². The van der Waals surface area contributed by atoms with Crippen LogP contribution >= 0.6 is 0 Å². The van der Waals surface area contributed by atoms with Crippen molar-refractivity contribution in [3.8, 4) is 0 Å². The second kappa shape index (κ2) is 14.2. The maximum Gasteiger partial charge on any atom is 0.673 e. The molecule has 1 aromatic rings. The molecule has 22 heavy (non-hydrogen) atoms. The molecule has 0 unspecified atom stereocenters. The number of rotatable bonds is 9. The van der Waals surface area contributed by atoms with Crippen LogP contribution in [0.25, 0.3) is 0 Å². The van der Waals surface area contributed by atoms with Crippen LogP contribution in [0.1, 0.15) is 58.3 Å². The van der Waals surface area contributed by atoms with Gasteiger partial charge < -0.3 is 17.3 Å². The molecule has 0 fully saturated rings. The fourth-order valence-corrected chi connectivity index (χ4v) is 2.06. The smallest absolute Gasteiger partial charge is 0.418 e. The van der Waals surface area contributed by atoms with E-state index in [4.69, 9.17) is 0 Å². The van der Waals surface area contributed by atoms with Crippen molar-refractivity contribution < 1.29 is 41.3 Å². The molecule has 0 saturated heterocycles. The van der Waals surface area contributed by atoms with Crippen LogP contribution in [0.15, 0.2) is 18.7 Å². The van der Waals surface area contributed by atoms with Crippen molar-refractivity contribution in [2.75, 3.05) is 0 Å². The first-order chi connectivity index (χ1) is 9.83. The van der Waals surface area contributed by atoms with Gasteiger partial charge in [-0.1, -0.05) is 45.4 Å². The molecule has 0 aromatic carbocycles. The van der Waals surface area contributed by atoms with Crippen LogP contribution in [0.2, 0.25) is 0 Å². The number of imidazole rings is 1. The molecule has 0 saturated carbocycles. The van der Waals surface area contributed by atoms with E-state index in [1.165, 1.54) is 57.9 Å².